The number of amidine groups is 1. The number of ether oxygens (including phenoxy) is 2. The predicted molar refractivity (Wildman–Crippen MR) is 116 cm³/mol. The Morgan fingerprint density at radius 3 is 2.19 bits per heavy atom. The van der Waals surface area contributed by atoms with Gasteiger partial charge in [-0.3, -0.25) is 9.80 Å². The summed E-state index contributed by atoms with van der Waals surface area (Å²) in [4.78, 5) is 13.4. The van der Waals surface area contributed by atoms with Crippen LogP contribution in [0.15, 0.2) is 33.6 Å². The molecule has 0 bridgehead atoms. The lowest BCUT2D eigenvalue weighted by atomic mass is 10.2. The number of hydrogen-bond acceptors (Lipinski definition) is 9. The van der Waals surface area contributed by atoms with Crippen LogP contribution in [0.1, 0.15) is 11.4 Å². The molecule has 1 aromatic heterocycles. The Morgan fingerprint density at radius 1 is 0.968 bits per heavy atom. The molecular weight excluding hydrogens is 420 g/mol. The molecule has 1 N–H and O–H groups in total. The van der Waals surface area contributed by atoms with Gasteiger partial charge in [-0.2, -0.15) is 18.4 Å². The minimum atomic E-state index is -3.68. The lowest BCUT2D eigenvalue weighted by Crippen LogP contribution is -2.48. The van der Waals surface area contributed by atoms with Crippen LogP contribution in [0.2, 0.25) is 0 Å². The van der Waals surface area contributed by atoms with Crippen molar-refractivity contribution in [3.05, 3.63) is 35.7 Å². The molecule has 0 spiro atoms. The van der Waals surface area contributed by atoms with E-state index in [-0.39, 0.29) is 4.90 Å². The van der Waals surface area contributed by atoms with Crippen molar-refractivity contribution in [1.82, 2.24) is 19.8 Å². The molecule has 0 aliphatic carbocycles. The summed E-state index contributed by atoms with van der Waals surface area (Å²) in [5.41, 5.74) is 1.47. The molecule has 0 saturated carbocycles. The second-order valence-electron chi connectivity index (χ2n) is 7.56. The summed E-state index contributed by atoms with van der Waals surface area (Å²) in [5, 5.41) is 3.17. The van der Waals surface area contributed by atoms with Gasteiger partial charge in [0.15, 0.2) is 0 Å². The molecule has 1 aromatic carbocycles. The summed E-state index contributed by atoms with van der Waals surface area (Å²) >= 11 is 0. The molecule has 11 heteroatoms. The van der Waals surface area contributed by atoms with Gasteiger partial charge in [0.25, 0.3) is 10.0 Å². The fraction of sp³-hybridized carbons (Fsp3) is 0.450. The molecular formula is C20H26N6O4S. The number of sulfonamides is 1. The minimum absolute atomic E-state index is 0.231. The number of benzene rings is 1. The van der Waals surface area contributed by atoms with E-state index < -0.39 is 10.0 Å². The smallest absolute Gasteiger partial charge is 0.286 e. The van der Waals surface area contributed by atoms with Gasteiger partial charge in [0.05, 0.1) is 39.1 Å². The molecule has 0 amide bonds. The van der Waals surface area contributed by atoms with E-state index in [1.807, 2.05) is 13.0 Å². The third kappa shape index (κ3) is 4.94. The van der Waals surface area contributed by atoms with Crippen LogP contribution < -0.4 is 14.8 Å². The van der Waals surface area contributed by atoms with E-state index in [0.29, 0.717) is 42.2 Å². The summed E-state index contributed by atoms with van der Waals surface area (Å²) in [5.74, 6) is 2.03. The maximum atomic E-state index is 12.5. The zero-order chi connectivity index (χ0) is 22.0. The summed E-state index contributed by atoms with van der Waals surface area (Å²) in [6.45, 7) is 6.06. The number of fused-ring (bicyclic) bond motifs is 1. The molecule has 1 saturated heterocycles. The average molecular weight is 447 g/mol. The average Bonchev–Trinajstić information content (AvgIpc) is 2.75. The van der Waals surface area contributed by atoms with Crippen molar-refractivity contribution in [2.75, 3.05) is 52.3 Å². The first-order chi connectivity index (χ1) is 14.9. The van der Waals surface area contributed by atoms with E-state index in [1.54, 1.807) is 32.4 Å². The SMILES string of the molecule is COc1cc(OC)nc(CN2CCN(CC3=NS(=O)(=O)c4cc(C)ccc4N3)CC2)n1. The highest BCUT2D eigenvalue weighted by Crippen LogP contribution is 2.28. The van der Waals surface area contributed by atoms with E-state index in [0.717, 1.165) is 31.7 Å². The van der Waals surface area contributed by atoms with Gasteiger partial charge < -0.3 is 14.8 Å². The van der Waals surface area contributed by atoms with Gasteiger partial charge in [-0.1, -0.05) is 6.07 Å². The van der Waals surface area contributed by atoms with Gasteiger partial charge in [-0.05, 0) is 24.6 Å². The van der Waals surface area contributed by atoms with Crippen molar-refractivity contribution in [2.24, 2.45) is 4.40 Å². The van der Waals surface area contributed by atoms with Crippen LogP contribution in [0.4, 0.5) is 5.69 Å². The van der Waals surface area contributed by atoms with Crippen molar-refractivity contribution in [2.45, 2.75) is 18.4 Å². The fourth-order valence-electron chi connectivity index (χ4n) is 3.63. The van der Waals surface area contributed by atoms with Gasteiger partial charge >= 0.3 is 0 Å². The highest BCUT2D eigenvalue weighted by atomic mass is 32.2. The topological polar surface area (TPSA) is 109 Å². The van der Waals surface area contributed by atoms with Crippen LogP contribution in [-0.4, -0.2) is 81.0 Å². The molecule has 10 nitrogen and oxygen atoms in total. The van der Waals surface area contributed by atoms with E-state index in [1.165, 1.54) is 0 Å². The first-order valence-corrected chi connectivity index (χ1v) is 11.4. The van der Waals surface area contributed by atoms with Crippen LogP contribution in [0.25, 0.3) is 0 Å². The standard InChI is InChI=1S/C20H26N6O4S/c1-14-4-5-15-16(10-14)31(27,28)24-18(21-15)13-26-8-6-25(7-9-26)12-17-22-19(29-2)11-20(23-17)30-3/h4-5,10-11H,6-9,12-13H2,1-3H3,(H,21,24). The number of piperazine rings is 1. The maximum absolute atomic E-state index is 12.5. The van der Waals surface area contributed by atoms with Gasteiger partial charge in [0.2, 0.25) is 11.8 Å². The number of nitrogens with one attached hydrogen (secondary N) is 1. The molecule has 166 valence electrons. The Kier molecular flexibility index (Phi) is 6.08. The monoisotopic (exact) mass is 446 g/mol. The molecule has 2 aromatic rings. The van der Waals surface area contributed by atoms with Crippen molar-refractivity contribution < 1.29 is 17.9 Å². The van der Waals surface area contributed by atoms with Crippen molar-refractivity contribution in [3.63, 3.8) is 0 Å². The van der Waals surface area contributed by atoms with Crippen LogP contribution in [0.3, 0.4) is 0 Å². The van der Waals surface area contributed by atoms with Crippen LogP contribution in [0, 0.1) is 6.92 Å². The molecule has 0 atom stereocenters. The first kappa shape index (κ1) is 21.5. The largest absolute Gasteiger partial charge is 0.481 e. The molecule has 0 radical (unpaired) electrons. The molecule has 2 aliphatic heterocycles. The van der Waals surface area contributed by atoms with Gasteiger partial charge in [0, 0.05) is 26.2 Å². The van der Waals surface area contributed by atoms with E-state index in [2.05, 4.69) is 29.5 Å². The Balaban J connectivity index is 1.36. The van der Waals surface area contributed by atoms with Gasteiger partial charge in [-0.25, -0.2) is 0 Å². The summed E-state index contributed by atoms with van der Waals surface area (Å²) in [6.07, 6.45) is 0. The third-order valence-corrected chi connectivity index (χ3v) is 6.63. The van der Waals surface area contributed by atoms with Crippen molar-refractivity contribution >= 4 is 21.5 Å². The normalized spacial score (nSPS) is 18.6. The second-order valence-corrected chi connectivity index (χ2v) is 9.13. The second kappa shape index (κ2) is 8.77. The number of aromatic nitrogens is 2. The summed E-state index contributed by atoms with van der Waals surface area (Å²) in [6, 6.07) is 6.97. The van der Waals surface area contributed by atoms with Gasteiger partial charge in [-0.15, -0.1) is 4.40 Å². The number of nitrogens with zero attached hydrogens (tertiary/aromatic N) is 5. The Hall–Kier alpha value is -2.76. The van der Waals surface area contributed by atoms with E-state index in [9.17, 15) is 8.42 Å². The van der Waals surface area contributed by atoms with E-state index in [4.69, 9.17) is 9.47 Å². The predicted octanol–water partition coefficient (Wildman–Crippen LogP) is 1.13. The molecule has 0 unspecified atom stereocenters. The molecule has 31 heavy (non-hydrogen) atoms. The Labute approximate surface area is 182 Å². The number of methoxy groups -OCH3 is 2. The lowest BCUT2D eigenvalue weighted by Gasteiger charge is -2.34. The van der Waals surface area contributed by atoms with Crippen LogP contribution in [0.5, 0.6) is 11.8 Å². The number of rotatable bonds is 6. The van der Waals surface area contributed by atoms with Crippen LogP contribution >= 0.6 is 0 Å². The molecule has 4 rings (SSSR count). The van der Waals surface area contributed by atoms with E-state index >= 15 is 0 Å². The zero-order valence-corrected chi connectivity index (χ0v) is 18.6. The highest BCUT2D eigenvalue weighted by Gasteiger charge is 2.27. The zero-order valence-electron chi connectivity index (χ0n) is 17.8. The number of aryl methyl sites for hydroxylation is 1. The minimum Gasteiger partial charge on any atom is -0.481 e. The quantitative estimate of drug-likeness (QED) is 0.698. The third-order valence-electron chi connectivity index (χ3n) is 5.27. The Morgan fingerprint density at radius 2 is 1.58 bits per heavy atom. The molecule has 3 heterocycles. The van der Waals surface area contributed by atoms with Gasteiger partial charge in [0.1, 0.15) is 16.6 Å². The Bertz CT molecular complexity index is 1070. The first-order valence-electron chi connectivity index (χ1n) is 9.98. The number of hydrogen-bond donors (Lipinski definition) is 1. The highest BCUT2D eigenvalue weighted by molar-refractivity contribution is 7.90. The fourth-order valence-corrected chi connectivity index (χ4v) is 4.86. The molecule has 1 fully saturated rings. The summed E-state index contributed by atoms with van der Waals surface area (Å²) in [7, 11) is -0.558. The number of anilines is 1. The van der Waals surface area contributed by atoms with Crippen LogP contribution in [-0.2, 0) is 16.6 Å². The summed E-state index contributed by atoms with van der Waals surface area (Å²) < 4.78 is 39.5. The van der Waals surface area contributed by atoms with Crippen molar-refractivity contribution in [3.8, 4) is 11.8 Å². The molecule has 2 aliphatic rings. The van der Waals surface area contributed by atoms with Crippen molar-refractivity contribution in [1.29, 1.82) is 0 Å². The maximum Gasteiger partial charge on any atom is 0.286 e. The lowest BCUT2D eigenvalue weighted by molar-refractivity contribution is 0.137.